The first-order valence-corrected chi connectivity index (χ1v) is 4.81. The van der Waals surface area contributed by atoms with Crippen LogP contribution in [-0.4, -0.2) is 39.2 Å². The minimum absolute atomic E-state index is 0.137. The number of aromatic nitrogens is 2. The largest absolute Gasteiger partial charge is 0.480 e. The number of amides is 2. The number of nitrogen functional groups attached to an aromatic ring is 1. The third kappa shape index (κ3) is 3.43. The number of hydrogen-bond donors (Lipinski definition) is 4. The number of aliphatic carboxylic acids is 1. The van der Waals surface area contributed by atoms with Crippen LogP contribution in [0.1, 0.15) is 23.3 Å². The second kappa shape index (κ2) is 5.61. The van der Waals surface area contributed by atoms with E-state index in [0.29, 0.717) is 0 Å². The average molecular weight is 257 g/mol. The van der Waals surface area contributed by atoms with Crippen LogP contribution in [0.2, 0.25) is 0 Å². The topological polar surface area (TPSA) is 174 Å². The minimum atomic E-state index is -1.31. The molecule has 0 unspecified atom stereocenters. The number of carboxylic acid groups (broad SMARTS) is 1. The summed E-state index contributed by atoms with van der Waals surface area (Å²) in [5, 5.41) is 17.4. The lowest BCUT2D eigenvalue weighted by Crippen LogP contribution is -2.41. The molecule has 6 N–H and O–H groups in total. The van der Waals surface area contributed by atoms with Crippen molar-refractivity contribution in [1.29, 1.82) is 0 Å². The monoisotopic (exact) mass is 257 g/mol. The molecular formula is C8H11N5O5. The van der Waals surface area contributed by atoms with Gasteiger partial charge in [-0.2, -0.15) is 0 Å². The van der Waals surface area contributed by atoms with E-state index in [1.807, 2.05) is 0 Å². The second-order valence-electron chi connectivity index (χ2n) is 3.37. The summed E-state index contributed by atoms with van der Waals surface area (Å²) >= 11 is 0. The molecule has 0 saturated carbocycles. The summed E-state index contributed by atoms with van der Waals surface area (Å²) in [6, 6.07) is -1.28. The van der Waals surface area contributed by atoms with E-state index in [4.69, 9.17) is 16.6 Å². The number of anilines is 1. The third-order valence-corrected chi connectivity index (χ3v) is 2.01. The first-order chi connectivity index (χ1) is 8.41. The molecule has 0 aliphatic carbocycles. The van der Waals surface area contributed by atoms with Crippen molar-refractivity contribution >= 4 is 23.6 Å². The van der Waals surface area contributed by atoms with E-state index < -0.39 is 23.8 Å². The maximum atomic E-state index is 11.6. The lowest BCUT2D eigenvalue weighted by Gasteiger charge is -2.12. The van der Waals surface area contributed by atoms with E-state index >= 15 is 0 Å². The summed E-state index contributed by atoms with van der Waals surface area (Å²) in [5.41, 5.74) is 9.84. The van der Waals surface area contributed by atoms with Gasteiger partial charge in [-0.1, -0.05) is 0 Å². The molecule has 1 aromatic heterocycles. The molecule has 0 saturated heterocycles. The molecular weight excluding hydrogens is 246 g/mol. The molecule has 1 aromatic rings. The van der Waals surface area contributed by atoms with Gasteiger partial charge in [0, 0.05) is 6.42 Å². The van der Waals surface area contributed by atoms with E-state index in [2.05, 4.69) is 20.3 Å². The third-order valence-electron chi connectivity index (χ3n) is 2.01. The van der Waals surface area contributed by atoms with Gasteiger partial charge in [-0.3, -0.25) is 9.59 Å². The summed E-state index contributed by atoms with van der Waals surface area (Å²) in [7, 11) is 0. The number of nitrogens with zero attached hydrogens (tertiary/aromatic N) is 2. The molecule has 10 nitrogen and oxygen atoms in total. The number of primary amides is 1. The summed E-state index contributed by atoms with van der Waals surface area (Å²) in [5.74, 6) is -3.09. The van der Waals surface area contributed by atoms with Crippen molar-refractivity contribution in [2.45, 2.75) is 18.9 Å². The first kappa shape index (κ1) is 13.4. The molecule has 98 valence electrons. The van der Waals surface area contributed by atoms with Crippen LogP contribution < -0.4 is 16.8 Å². The van der Waals surface area contributed by atoms with Crippen LogP contribution in [0.15, 0.2) is 4.63 Å². The maximum Gasteiger partial charge on any atom is 0.326 e. The summed E-state index contributed by atoms with van der Waals surface area (Å²) < 4.78 is 4.20. The van der Waals surface area contributed by atoms with E-state index in [-0.39, 0.29) is 24.4 Å². The van der Waals surface area contributed by atoms with Crippen LogP contribution in [0.25, 0.3) is 0 Å². The molecule has 0 aliphatic rings. The zero-order chi connectivity index (χ0) is 13.7. The van der Waals surface area contributed by atoms with Gasteiger partial charge in [-0.15, -0.1) is 0 Å². The molecule has 0 aliphatic heterocycles. The summed E-state index contributed by atoms with van der Waals surface area (Å²) in [4.78, 5) is 33.0. The Morgan fingerprint density at radius 1 is 1.39 bits per heavy atom. The second-order valence-corrected chi connectivity index (χ2v) is 3.37. The van der Waals surface area contributed by atoms with Crippen molar-refractivity contribution < 1.29 is 24.1 Å². The highest BCUT2D eigenvalue weighted by Crippen LogP contribution is 2.05. The van der Waals surface area contributed by atoms with E-state index in [9.17, 15) is 14.4 Å². The van der Waals surface area contributed by atoms with Crippen molar-refractivity contribution in [3.8, 4) is 0 Å². The molecule has 0 fully saturated rings. The van der Waals surface area contributed by atoms with Crippen LogP contribution in [0, 0.1) is 0 Å². The highest BCUT2D eigenvalue weighted by Gasteiger charge is 2.24. The highest BCUT2D eigenvalue weighted by molar-refractivity contribution is 5.98. The number of nitrogens with two attached hydrogens (primary N) is 2. The lowest BCUT2D eigenvalue weighted by molar-refractivity contribution is -0.139. The number of nitrogens with one attached hydrogen (secondary N) is 1. The van der Waals surface area contributed by atoms with Gasteiger partial charge in [-0.25, -0.2) is 9.42 Å². The van der Waals surface area contributed by atoms with Gasteiger partial charge in [0.1, 0.15) is 6.04 Å². The molecule has 1 heterocycles. The van der Waals surface area contributed by atoms with E-state index in [1.54, 1.807) is 0 Å². The van der Waals surface area contributed by atoms with Crippen molar-refractivity contribution in [3.63, 3.8) is 0 Å². The molecule has 2 amide bonds. The normalized spacial score (nSPS) is 11.8. The standard InChI is InChI=1S/C8H11N5O5/c9-4(14)2-1-3(8(16)17)11-7(15)5-6(10)13-18-12-5/h3H,1-2H2,(H2,9,14)(H2,10,13)(H,11,15)(H,16,17)/t3-/m0/s1. The number of carbonyl (C=O) groups is 3. The van der Waals surface area contributed by atoms with Crippen LogP contribution in [0.4, 0.5) is 5.82 Å². The average Bonchev–Trinajstić information content (AvgIpc) is 2.69. The van der Waals surface area contributed by atoms with Gasteiger partial charge < -0.3 is 21.9 Å². The van der Waals surface area contributed by atoms with Gasteiger partial charge in [0.25, 0.3) is 5.91 Å². The Bertz CT molecular complexity index is 470. The number of carbonyl (C=O) groups excluding carboxylic acids is 2. The Morgan fingerprint density at radius 2 is 2.06 bits per heavy atom. The quantitative estimate of drug-likeness (QED) is 0.456. The van der Waals surface area contributed by atoms with Gasteiger partial charge in [0.15, 0.2) is 0 Å². The molecule has 1 atom stereocenters. The Labute approximate surface area is 100 Å². The molecule has 0 radical (unpaired) electrons. The Balaban J connectivity index is 2.67. The number of carboxylic acids is 1. The maximum absolute atomic E-state index is 11.6. The van der Waals surface area contributed by atoms with Gasteiger partial charge in [0.2, 0.25) is 17.4 Å². The molecule has 0 bridgehead atoms. The van der Waals surface area contributed by atoms with Crippen LogP contribution in [0.5, 0.6) is 0 Å². The molecule has 10 heteroatoms. The fourth-order valence-corrected chi connectivity index (χ4v) is 1.12. The first-order valence-electron chi connectivity index (χ1n) is 4.81. The van der Waals surface area contributed by atoms with Crippen LogP contribution in [0.3, 0.4) is 0 Å². The van der Waals surface area contributed by atoms with Crippen molar-refractivity contribution in [2.75, 3.05) is 5.73 Å². The fourth-order valence-electron chi connectivity index (χ4n) is 1.12. The van der Waals surface area contributed by atoms with Gasteiger partial charge in [0.05, 0.1) is 0 Å². The molecule has 0 spiro atoms. The van der Waals surface area contributed by atoms with Gasteiger partial charge >= 0.3 is 5.97 Å². The Morgan fingerprint density at radius 3 is 2.50 bits per heavy atom. The molecule has 1 rings (SSSR count). The van der Waals surface area contributed by atoms with Crippen molar-refractivity contribution in [2.24, 2.45) is 5.73 Å². The lowest BCUT2D eigenvalue weighted by atomic mass is 10.1. The van der Waals surface area contributed by atoms with Gasteiger partial charge in [-0.05, 0) is 16.7 Å². The molecule has 18 heavy (non-hydrogen) atoms. The number of hydrogen-bond acceptors (Lipinski definition) is 7. The SMILES string of the molecule is NC(=O)CC[C@H](NC(=O)c1nonc1N)C(=O)O. The zero-order valence-electron chi connectivity index (χ0n) is 9.12. The predicted octanol–water partition coefficient (Wildman–Crippen LogP) is -1.90. The zero-order valence-corrected chi connectivity index (χ0v) is 9.12. The summed E-state index contributed by atoms with van der Waals surface area (Å²) in [6.07, 6.45) is -0.314. The van der Waals surface area contributed by atoms with Crippen LogP contribution >= 0.6 is 0 Å². The smallest absolute Gasteiger partial charge is 0.326 e. The minimum Gasteiger partial charge on any atom is -0.480 e. The van der Waals surface area contributed by atoms with Crippen LogP contribution in [-0.2, 0) is 9.59 Å². The molecule has 0 aromatic carbocycles. The van der Waals surface area contributed by atoms with Crippen molar-refractivity contribution in [1.82, 2.24) is 15.6 Å². The Kier molecular flexibility index (Phi) is 4.18. The predicted molar refractivity (Wildman–Crippen MR) is 56.0 cm³/mol. The van der Waals surface area contributed by atoms with Crippen molar-refractivity contribution in [3.05, 3.63) is 5.69 Å². The van der Waals surface area contributed by atoms with E-state index in [1.165, 1.54) is 0 Å². The highest BCUT2D eigenvalue weighted by atomic mass is 16.6. The Hall–Kier alpha value is -2.65. The number of rotatable bonds is 6. The van der Waals surface area contributed by atoms with E-state index in [0.717, 1.165) is 0 Å². The summed E-state index contributed by atoms with van der Waals surface area (Å²) in [6.45, 7) is 0. The fraction of sp³-hybridized carbons (Fsp3) is 0.375.